The maximum atomic E-state index is 12.7. The third-order valence-electron chi connectivity index (χ3n) is 4.19. The quantitative estimate of drug-likeness (QED) is 0.653. The molecule has 0 aliphatic heterocycles. The fourth-order valence-electron chi connectivity index (χ4n) is 2.56. The lowest BCUT2D eigenvalue weighted by molar-refractivity contribution is -0.137. The molecule has 0 aliphatic rings. The number of amides is 1. The smallest absolute Gasteiger partial charge is 0.416 e. The van der Waals surface area contributed by atoms with E-state index < -0.39 is 11.7 Å². The summed E-state index contributed by atoms with van der Waals surface area (Å²) in [6, 6.07) is 10.4. The summed E-state index contributed by atoms with van der Waals surface area (Å²) >= 11 is 0. The normalized spacial score (nSPS) is 11.5. The molecular weight excluding hydrogens is 371 g/mol. The van der Waals surface area contributed by atoms with E-state index in [1.54, 1.807) is 27.3 Å². The summed E-state index contributed by atoms with van der Waals surface area (Å²) < 4.78 is 48.7. The molecule has 0 bridgehead atoms. The monoisotopic (exact) mass is 393 g/mol. The van der Waals surface area contributed by atoms with Crippen LogP contribution in [0.25, 0.3) is 6.08 Å². The predicted octanol–water partition coefficient (Wildman–Crippen LogP) is 4.44. The van der Waals surface area contributed by atoms with Gasteiger partial charge in [0.2, 0.25) is 5.91 Å². The highest BCUT2D eigenvalue weighted by atomic mass is 19.4. The van der Waals surface area contributed by atoms with Crippen molar-refractivity contribution in [1.29, 1.82) is 0 Å². The van der Waals surface area contributed by atoms with E-state index in [9.17, 15) is 18.0 Å². The van der Waals surface area contributed by atoms with Gasteiger partial charge in [0, 0.05) is 19.7 Å². The minimum Gasteiger partial charge on any atom is -0.493 e. The number of likely N-dealkylation sites (N-methyl/N-ethyl adjacent to an activating group) is 1. The van der Waals surface area contributed by atoms with Crippen LogP contribution >= 0.6 is 0 Å². The van der Waals surface area contributed by atoms with Crippen molar-refractivity contribution in [2.75, 3.05) is 27.8 Å². The minimum absolute atomic E-state index is 0.294. The van der Waals surface area contributed by atoms with E-state index in [1.807, 2.05) is 12.1 Å². The van der Waals surface area contributed by atoms with Crippen molar-refractivity contribution < 1.29 is 27.4 Å². The van der Waals surface area contributed by atoms with Gasteiger partial charge in [0.1, 0.15) is 0 Å². The van der Waals surface area contributed by atoms with Crippen LogP contribution in [0.15, 0.2) is 48.5 Å². The molecule has 0 unspecified atom stereocenters. The molecule has 4 nitrogen and oxygen atoms in total. The van der Waals surface area contributed by atoms with E-state index >= 15 is 0 Å². The Morgan fingerprint density at radius 2 is 1.79 bits per heavy atom. The van der Waals surface area contributed by atoms with Gasteiger partial charge in [0.05, 0.1) is 19.8 Å². The molecule has 0 saturated carbocycles. The van der Waals surface area contributed by atoms with Gasteiger partial charge in [0.15, 0.2) is 11.5 Å². The summed E-state index contributed by atoms with van der Waals surface area (Å²) in [5, 5.41) is 0. The number of carbonyl (C=O) groups is 1. The lowest BCUT2D eigenvalue weighted by Crippen LogP contribution is -2.27. The van der Waals surface area contributed by atoms with Crippen LogP contribution in [0.5, 0.6) is 11.5 Å². The molecule has 0 fully saturated rings. The molecule has 150 valence electrons. The van der Waals surface area contributed by atoms with Crippen LogP contribution in [0.4, 0.5) is 13.2 Å². The minimum atomic E-state index is -4.41. The number of ether oxygens (including phenoxy) is 2. The molecule has 28 heavy (non-hydrogen) atoms. The summed E-state index contributed by atoms with van der Waals surface area (Å²) in [5.74, 6) is 0.941. The molecule has 0 spiro atoms. The van der Waals surface area contributed by atoms with Gasteiger partial charge in [-0.2, -0.15) is 13.2 Å². The van der Waals surface area contributed by atoms with Gasteiger partial charge in [-0.15, -0.1) is 0 Å². The lowest BCUT2D eigenvalue weighted by atomic mass is 10.1. The largest absolute Gasteiger partial charge is 0.493 e. The number of hydrogen-bond donors (Lipinski definition) is 0. The van der Waals surface area contributed by atoms with Crippen LogP contribution in [-0.2, 0) is 17.4 Å². The van der Waals surface area contributed by atoms with Gasteiger partial charge < -0.3 is 14.4 Å². The van der Waals surface area contributed by atoms with Crippen molar-refractivity contribution in [3.8, 4) is 11.5 Å². The maximum absolute atomic E-state index is 12.7. The zero-order valence-electron chi connectivity index (χ0n) is 15.9. The third kappa shape index (κ3) is 5.77. The second kappa shape index (κ2) is 9.30. The van der Waals surface area contributed by atoms with Gasteiger partial charge in [0.25, 0.3) is 0 Å². The lowest BCUT2D eigenvalue weighted by Gasteiger charge is -2.16. The van der Waals surface area contributed by atoms with Gasteiger partial charge >= 0.3 is 6.18 Å². The molecule has 2 rings (SSSR count). The Morgan fingerprint density at radius 1 is 1.07 bits per heavy atom. The zero-order valence-corrected chi connectivity index (χ0v) is 15.9. The van der Waals surface area contributed by atoms with Crippen LogP contribution < -0.4 is 9.47 Å². The molecule has 0 aromatic heterocycles. The molecule has 0 saturated heterocycles. The summed E-state index contributed by atoms with van der Waals surface area (Å²) in [7, 11) is 4.75. The maximum Gasteiger partial charge on any atom is 0.416 e. The number of benzene rings is 2. The molecule has 2 aromatic carbocycles. The van der Waals surface area contributed by atoms with Crippen LogP contribution in [0.3, 0.4) is 0 Å². The van der Waals surface area contributed by atoms with Gasteiger partial charge in [-0.25, -0.2) is 0 Å². The van der Waals surface area contributed by atoms with Crippen molar-refractivity contribution in [2.45, 2.75) is 12.6 Å². The Labute approximate surface area is 162 Å². The number of methoxy groups -OCH3 is 2. The Bertz CT molecular complexity index is 847. The highest BCUT2D eigenvalue weighted by Gasteiger charge is 2.30. The molecule has 2 aromatic rings. The molecule has 0 heterocycles. The number of nitrogens with zero attached hydrogens (tertiary/aromatic N) is 1. The second-order valence-corrected chi connectivity index (χ2v) is 6.16. The highest BCUT2D eigenvalue weighted by molar-refractivity contribution is 5.91. The van der Waals surface area contributed by atoms with Gasteiger partial charge in [-0.05, 0) is 47.9 Å². The molecule has 0 N–H and O–H groups in total. The fourth-order valence-corrected chi connectivity index (χ4v) is 2.56. The van der Waals surface area contributed by atoms with Crippen molar-refractivity contribution in [3.05, 3.63) is 65.2 Å². The van der Waals surface area contributed by atoms with E-state index in [4.69, 9.17) is 9.47 Å². The van der Waals surface area contributed by atoms with Crippen molar-refractivity contribution in [3.63, 3.8) is 0 Å². The Morgan fingerprint density at radius 3 is 2.43 bits per heavy atom. The van der Waals surface area contributed by atoms with Crippen molar-refractivity contribution in [1.82, 2.24) is 4.90 Å². The van der Waals surface area contributed by atoms with E-state index in [2.05, 4.69) is 0 Å². The number of halogens is 3. The molecule has 7 heteroatoms. The summed E-state index contributed by atoms with van der Waals surface area (Å²) in [6.07, 6.45) is -1.17. The topological polar surface area (TPSA) is 38.8 Å². The molecule has 0 atom stereocenters. The molecular formula is C21H22F3NO3. The second-order valence-electron chi connectivity index (χ2n) is 6.16. The highest BCUT2D eigenvalue weighted by Crippen LogP contribution is 2.30. The fraction of sp³-hybridized carbons (Fsp3) is 0.286. The Kier molecular flexibility index (Phi) is 7.09. The van der Waals surface area contributed by atoms with Crippen molar-refractivity contribution >= 4 is 12.0 Å². The van der Waals surface area contributed by atoms with E-state index in [0.717, 1.165) is 17.7 Å². The van der Waals surface area contributed by atoms with Gasteiger partial charge in [-0.3, -0.25) is 4.79 Å². The van der Waals surface area contributed by atoms with E-state index in [1.165, 1.54) is 29.2 Å². The first-order valence-electron chi connectivity index (χ1n) is 8.56. The van der Waals surface area contributed by atoms with Crippen LogP contribution in [-0.4, -0.2) is 38.6 Å². The third-order valence-corrected chi connectivity index (χ3v) is 4.19. The van der Waals surface area contributed by atoms with Crippen LogP contribution in [0.1, 0.15) is 16.7 Å². The van der Waals surface area contributed by atoms with E-state index in [0.29, 0.717) is 30.0 Å². The molecule has 1 amide bonds. The number of rotatable bonds is 7. The molecule has 0 aliphatic carbocycles. The van der Waals surface area contributed by atoms with Gasteiger partial charge in [-0.1, -0.05) is 18.2 Å². The first kappa shape index (κ1) is 21.3. The summed E-state index contributed by atoms with van der Waals surface area (Å²) in [4.78, 5) is 13.7. The first-order valence-corrected chi connectivity index (χ1v) is 8.56. The summed E-state index contributed by atoms with van der Waals surface area (Å²) in [5.41, 5.74) is 0.541. The van der Waals surface area contributed by atoms with E-state index in [-0.39, 0.29) is 5.91 Å². The average Bonchev–Trinajstić information content (AvgIpc) is 2.69. The van der Waals surface area contributed by atoms with Crippen LogP contribution in [0.2, 0.25) is 0 Å². The average molecular weight is 393 g/mol. The first-order chi connectivity index (χ1) is 13.2. The number of alkyl halides is 3. The standard InChI is InChI=1S/C21H22F3NO3/c1-25(12-11-16-7-9-18(27-2)19(14-16)28-3)20(26)10-8-15-5-4-6-17(13-15)21(22,23)24/h4-10,13-14H,11-12H2,1-3H3/b10-8+. The van der Waals surface area contributed by atoms with Crippen molar-refractivity contribution in [2.24, 2.45) is 0 Å². The zero-order chi connectivity index (χ0) is 20.7. The summed E-state index contributed by atoms with van der Waals surface area (Å²) in [6.45, 7) is 0.446. The Hall–Kier alpha value is -2.96. The SMILES string of the molecule is COc1ccc(CCN(C)C(=O)/C=C/c2cccc(C(F)(F)F)c2)cc1OC. The predicted molar refractivity (Wildman–Crippen MR) is 101 cm³/mol. The number of carbonyl (C=O) groups excluding carboxylic acids is 1. The Balaban J connectivity index is 1.97. The van der Waals surface area contributed by atoms with Crippen LogP contribution in [0, 0.1) is 0 Å². The number of hydrogen-bond acceptors (Lipinski definition) is 3. The molecule has 0 radical (unpaired) electrons.